The molecular weight excluding hydrogens is 484 g/mol. The zero-order chi connectivity index (χ0) is 27.1. The van der Waals surface area contributed by atoms with Crippen molar-refractivity contribution >= 4 is 17.8 Å². The second-order valence-corrected chi connectivity index (χ2v) is 9.42. The van der Waals surface area contributed by atoms with Gasteiger partial charge in [0.05, 0.1) is 24.4 Å². The van der Waals surface area contributed by atoms with Gasteiger partial charge < -0.3 is 24.0 Å². The molecule has 0 aromatic heterocycles. The predicted molar refractivity (Wildman–Crippen MR) is 141 cm³/mol. The van der Waals surface area contributed by atoms with Crippen LogP contribution in [-0.4, -0.2) is 60.5 Å². The molecule has 38 heavy (non-hydrogen) atoms. The SMILES string of the molecule is CC1=C(C(=O)OCc2ccccc2)C(C)C(C(=O)OCc2ccccc2)=C(C)N1CC(=O)N1CCOCC1. The summed E-state index contributed by atoms with van der Waals surface area (Å²) >= 11 is 0. The van der Waals surface area contributed by atoms with Crippen LogP contribution in [0, 0.1) is 5.92 Å². The Morgan fingerprint density at radius 1 is 0.789 bits per heavy atom. The fourth-order valence-corrected chi connectivity index (χ4v) is 4.85. The van der Waals surface area contributed by atoms with Crippen molar-refractivity contribution in [1.29, 1.82) is 0 Å². The van der Waals surface area contributed by atoms with Crippen molar-refractivity contribution in [2.45, 2.75) is 34.0 Å². The summed E-state index contributed by atoms with van der Waals surface area (Å²) in [6.07, 6.45) is 0. The van der Waals surface area contributed by atoms with Gasteiger partial charge in [0, 0.05) is 30.4 Å². The van der Waals surface area contributed by atoms with E-state index in [-0.39, 0.29) is 25.7 Å². The second-order valence-electron chi connectivity index (χ2n) is 9.42. The third kappa shape index (κ3) is 6.31. The lowest BCUT2D eigenvalue weighted by atomic mass is 9.86. The van der Waals surface area contributed by atoms with Gasteiger partial charge in [-0.05, 0) is 25.0 Å². The van der Waals surface area contributed by atoms with Crippen molar-refractivity contribution in [2.75, 3.05) is 32.8 Å². The molecule has 200 valence electrons. The van der Waals surface area contributed by atoms with Crippen LogP contribution in [0.2, 0.25) is 0 Å². The first-order valence-corrected chi connectivity index (χ1v) is 12.8. The second kappa shape index (κ2) is 12.6. The van der Waals surface area contributed by atoms with Gasteiger partial charge >= 0.3 is 11.9 Å². The van der Waals surface area contributed by atoms with Gasteiger partial charge in [0.2, 0.25) is 5.91 Å². The number of allylic oxidation sites excluding steroid dienone is 2. The van der Waals surface area contributed by atoms with E-state index in [1.165, 1.54) is 0 Å². The molecule has 1 amide bonds. The van der Waals surface area contributed by atoms with Crippen molar-refractivity contribution in [3.05, 3.63) is 94.3 Å². The highest BCUT2D eigenvalue weighted by molar-refractivity contribution is 5.98. The molecule has 8 heteroatoms. The first-order chi connectivity index (χ1) is 18.4. The molecule has 0 N–H and O–H groups in total. The van der Waals surface area contributed by atoms with Gasteiger partial charge in [-0.3, -0.25) is 4.79 Å². The summed E-state index contributed by atoms with van der Waals surface area (Å²) < 4.78 is 16.7. The van der Waals surface area contributed by atoms with Gasteiger partial charge in [-0.15, -0.1) is 0 Å². The molecule has 4 rings (SSSR count). The van der Waals surface area contributed by atoms with E-state index < -0.39 is 17.9 Å². The summed E-state index contributed by atoms with van der Waals surface area (Å²) in [5.74, 6) is -1.72. The normalized spacial score (nSPS) is 16.5. The number of ether oxygens (including phenoxy) is 3. The molecule has 0 saturated carbocycles. The van der Waals surface area contributed by atoms with Crippen molar-refractivity contribution in [3.8, 4) is 0 Å². The van der Waals surface area contributed by atoms with E-state index >= 15 is 0 Å². The number of hydrogen-bond acceptors (Lipinski definition) is 7. The lowest BCUT2D eigenvalue weighted by molar-refractivity contribution is -0.143. The molecule has 8 nitrogen and oxygen atoms in total. The maximum absolute atomic E-state index is 13.4. The van der Waals surface area contributed by atoms with Crippen LogP contribution >= 0.6 is 0 Å². The summed E-state index contributed by atoms with van der Waals surface area (Å²) in [6, 6.07) is 18.8. The zero-order valence-electron chi connectivity index (χ0n) is 22.1. The summed E-state index contributed by atoms with van der Waals surface area (Å²) in [5, 5.41) is 0. The first kappa shape index (κ1) is 27.1. The minimum atomic E-state index is -0.573. The predicted octanol–water partition coefficient (Wildman–Crippen LogP) is 3.83. The maximum Gasteiger partial charge on any atom is 0.336 e. The summed E-state index contributed by atoms with van der Waals surface area (Å²) in [6.45, 7) is 7.57. The molecule has 1 fully saturated rings. The van der Waals surface area contributed by atoms with Crippen LogP contribution in [-0.2, 0) is 41.8 Å². The average molecular weight is 519 g/mol. The summed E-state index contributed by atoms with van der Waals surface area (Å²) in [4.78, 5) is 43.4. The van der Waals surface area contributed by atoms with E-state index in [9.17, 15) is 14.4 Å². The van der Waals surface area contributed by atoms with Crippen LogP contribution in [0.4, 0.5) is 0 Å². The third-order valence-electron chi connectivity index (χ3n) is 6.98. The quantitative estimate of drug-likeness (QED) is 0.491. The Hall–Kier alpha value is -3.91. The van der Waals surface area contributed by atoms with Crippen LogP contribution in [0.25, 0.3) is 0 Å². The Labute approximate surface area is 223 Å². The first-order valence-electron chi connectivity index (χ1n) is 12.8. The van der Waals surface area contributed by atoms with Crippen molar-refractivity contribution < 1.29 is 28.6 Å². The molecule has 0 spiro atoms. The van der Waals surface area contributed by atoms with Gasteiger partial charge in [0.1, 0.15) is 19.8 Å². The molecule has 1 saturated heterocycles. The van der Waals surface area contributed by atoms with Gasteiger partial charge in [0.25, 0.3) is 0 Å². The fourth-order valence-electron chi connectivity index (χ4n) is 4.85. The third-order valence-corrected chi connectivity index (χ3v) is 6.98. The largest absolute Gasteiger partial charge is 0.457 e. The van der Waals surface area contributed by atoms with Gasteiger partial charge in [-0.1, -0.05) is 67.6 Å². The average Bonchev–Trinajstić information content (AvgIpc) is 2.94. The van der Waals surface area contributed by atoms with Crippen LogP contribution in [0.1, 0.15) is 31.9 Å². The molecular formula is C30H34N2O6. The Balaban J connectivity index is 1.59. The van der Waals surface area contributed by atoms with Gasteiger partial charge in [-0.2, -0.15) is 0 Å². The number of esters is 2. The van der Waals surface area contributed by atoms with E-state index in [1.54, 1.807) is 30.6 Å². The summed E-state index contributed by atoms with van der Waals surface area (Å²) in [7, 11) is 0. The molecule has 0 aliphatic carbocycles. The van der Waals surface area contributed by atoms with E-state index in [1.807, 2.05) is 60.7 Å². The van der Waals surface area contributed by atoms with Gasteiger partial charge in [-0.25, -0.2) is 9.59 Å². The van der Waals surface area contributed by atoms with Gasteiger partial charge in [0.15, 0.2) is 0 Å². The highest BCUT2D eigenvalue weighted by Gasteiger charge is 2.38. The molecule has 2 aliphatic rings. The van der Waals surface area contributed by atoms with E-state index in [2.05, 4.69) is 0 Å². The monoisotopic (exact) mass is 518 g/mol. The standard InChI is InChI=1S/C30H34N2O6/c1-21-27(29(34)37-19-24-10-6-4-7-11-24)22(2)32(18-26(33)31-14-16-36-17-15-31)23(3)28(21)30(35)38-20-25-12-8-5-9-13-25/h4-13,21H,14-20H2,1-3H3. The summed E-state index contributed by atoms with van der Waals surface area (Å²) in [5.41, 5.74) is 3.58. The highest BCUT2D eigenvalue weighted by Crippen LogP contribution is 2.36. The molecule has 0 bridgehead atoms. The number of benzene rings is 2. The number of rotatable bonds is 8. The molecule has 0 unspecified atom stereocenters. The number of amides is 1. The maximum atomic E-state index is 13.4. The van der Waals surface area contributed by atoms with E-state index in [0.29, 0.717) is 48.8 Å². The van der Waals surface area contributed by atoms with Crippen LogP contribution < -0.4 is 0 Å². The van der Waals surface area contributed by atoms with Crippen molar-refractivity contribution in [1.82, 2.24) is 9.80 Å². The highest BCUT2D eigenvalue weighted by atomic mass is 16.5. The number of carbonyl (C=O) groups is 3. The van der Waals surface area contributed by atoms with E-state index in [0.717, 1.165) is 11.1 Å². The Kier molecular flexibility index (Phi) is 8.97. The van der Waals surface area contributed by atoms with E-state index in [4.69, 9.17) is 14.2 Å². The Morgan fingerprint density at radius 2 is 1.24 bits per heavy atom. The topological polar surface area (TPSA) is 85.4 Å². The molecule has 2 heterocycles. The molecule has 0 atom stereocenters. The fraction of sp³-hybridized carbons (Fsp3) is 0.367. The Morgan fingerprint density at radius 3 is 1.68 bits per heavy atom. The van der Waals surface area contributed by atoms with Crippen molar-refractivity contribution in [3.63, 3.8) is 0 Å². The lowest BCUT2D eigenvalue weighted by Gasteiger charge is -2.37. The number of morpholine rings is 1. The molecule has 2 aromatic rings. The zero-order valence-corrected chi connectivity index (χ0v) is 22.1. The molecule has 2 aromatic carbocycles. The smallest absolute Gasteiger partial charge is 0.336 e. The van der Waals surface area contributed by atoms with Crippen molar-refractivity contribution in [2.24, 2.45) is 5.92 Å². The van der Waals surface area contributed by atoms with Crippen LogP contribution in [0.3, 0.4) is 0 Å². The minimum absolute atomic E-state index is 0.00465. The van der Waals surface area contributed by atoms with Crippen LogP contribution in [0.15, 0.2) is 83.2 Å². The number of carbonyl (C=O) groups excluding carboxylic acids is 3. The lowest BCUT2D eigenvalue weighted by Crippen LogP contribution is -2.46. The minimum Gasteiger partial charge on any atom is -0.457 e. The Bertz CT molecular complexity index is 1140. The number of hydrogen-bond donors (Lipinski definition) is 0. The van der Waals surface area contributed by atoms with Crippen LogP contribution in [0.5, 0.6) is 0 Å². The number of nitrogens with zero attached hydrogens (tertiary/aromatic N) is 2. The molecule has 2 aliphatic heterocycles. The molecule has 0 radical (unpaired) electrons.